The molecule has 7 N–H and O–H groups in total. The lowest BCUT2D eigenvalue weighted by Gasteiger charge is -2.07. The molecule has 0 aliphatic rings. The van der Waals surface area contributed by atoms with E-state index in [1.807, 2.05) is 0 Å². The van der Waals surface area contributed by atoms with Crippen LogP contribution in [0.3, 0.4) is 0 Å². The minimum atomic E-state index is -0.606. The first-order valence-electron chi connectivity index (χ1n) is 5.08. The molecule has 0 unspecified atom stereocenters. The molecule has 1 rings (SSSR count). The van der Waals surface area contributed by atoms with Crippen LogP contribution in [0.15, 0.2) is 12.3 Å². The van der Waals surface area contributed by atoms with Crippen molar-refractivity contribution in [3.05, 3.63) is 17.8 Å². The van der Waals surface area contributed by atoms with E-state index in [4.69, 9.17) is 17.2 Å². The first-order valence-corrected chi connectivity index (χ1v) is 5.08. The van der Waals surface area contributed by atoms with Gasteiger partial charge >= 0.3 is 0 Å². The van der Waals surface area contributed by atoms with Crippen molar-refractivity contribution in [3.8, 4) is 0 Å². The van der Waals surface area contributed by atoms with Gasteiger partial charge < -0.3 is 22.5 Å². The van der Waals surface area contributed by atoms with Gasteiger partial charge in [-0.25, -0.2) is 4.98 Å². The van der Waals surface area contributed by atoms with E-state index in [1.54, 1.807) is 0 Å². The number of pyridine rings is 1. The Balaban J connectivity index is 2.57. The fraction of sp³-hybridized carbons (Fsp3) is 0.300. The molecule has 92 valence electrons. The Hall–Kier alpha value is -2.31. The number of hydrogen-bond donors (Lipinski definition) is 4. The number of hydrogen-bond acceptors (Lipinski definition) is 5. The van der Waals surface area contributed by atoms with Gasteiger partial charge in [-0.3, -0.25) is 9.59 Å². The maximum absolute atomic E-state index is 11.0. The molecule has 0 aliphatic carbocycles. The third kappa shape index (κ3) is 3.98. The minimum Gasteiger partial charge on any atom is -0.397 e. The number of primary amides is 2. The van der Waals surface area contributed by atoms with Crippen molar-refractivity contribution < 1.29 is 9.59 Å². The Labute approximate surface area is 98.4 Å². The van der Waals surface area contributed by atoms with Gasteiger partial charge in [0.1, 0.15) is 5.82 Å². The third-order valence-electron chi connectivity index (χ3n) is 2.11. The van der Waals surface area contributed by atoms with Crippen LogP contribution in [0, 0.1) is 0 Å². The molecule has 1 heterocycles. The van der Waals surface area contributed by atoms with Crippen LogP contribution in [0.25, 0.3) is 0 Å². The van der Waals surface area contributed by atoms with Crippen molar-refractivity contribution in [1.82, 2.24) is 4.98 Å². The Morgan fingerprint density at radius 3 is 2.65 bits per heavy atom. The highest BCUT2D eigenvalue weighted by Crippen LogP contribution is 2.13. The number of nitrogens with two attached hydrogens (primary N) is 3. The molecule has 0 aromatic carbocycles. The molecule has 1 aromatic heterocycles. The quantitative estimate of drug-likeness (QED) is 0.491. The number of nitrogen functional groups attached to an aromatic ring is 1. The van der Waals surface area contributed by atoms with E-state index in [-0.39, 0.29) is 17.2 Å². The predicted molar refractivity (Wildman–Crippen MR) is 64.1 cm³/mol. The maximum atomic E-state index is 11.0. The summed E-state index contributed by atoms with van der Waals surface area (Å²) in [5.41, 5.74) is 16.1. The molecule has 7 heteroatoms. The van der Waals surface area contributed by atoms with E-state index in [9.17, 15) is 9.59 Å². The number of nitrogens with one attached hydrogen (secondary N) is 1. The summed E-state index contributed by atoms with van der Waals surface area (Å²) >= 11 is 0. The highest BCUT2D eigenvalue weighted by Gasteiger charge is 2.07. The summed E-state index contributed by atoms with van der Waals surface area (Å²) < 4.78 is 0. The molecular weight excluding hydrogens is 222 g/mol. The molecule has 2 amide bonds. The average molecular weight is 237 g/mol. The van der Waals surface area contributed by atoms with Crippen LogP contribution in [0.4, 0.5) is 11.5 Å². The Morgan fingerprint density at radius 2 is 2.06 bits per heavy atom. The summed E-state index contributed by atoms with van der Waals surface area (Å²) in [5.74, 6) is -0.475. The van der Waals surface area contributed by atoms with Crippen LogP contribution in [0.5, 0.6) is 0 Å². The summed E-state index contributed by atoms with van der Waals surface area (Å²) in [6.07, 6.45) is 2.24. The molecule has 1 aromatic rings. The van der Waals surface area contributed by atoms with Crippen LogP contribution in [0.1, 0.15) is 23.2 Å². The predicted octanol–water partition coefficient (Wildman–Crippen LogP) is -0.560. The fourth-order valence-electron chi connectivity index (χ4n) is 1.26. The zero-order valence-electron chi connectivity index (χ0n) is 9.27. The SMILES string of the molecule is NC(=O)CCCNc1cc(C(N)=O)c(N)cn1. The van der Waals surface area contributed by atoms with Crippen LogP contribution in [-0.4, -0.2) is 23.3 Å². The zero-order chi connectivity index (χ0) is 12.8. The van der Waals surface area contributed by atoms with Crippen molar-refractivity contribution in [2.45, 2.75) is 12.8 Å². The van der Waals surface area contributed by atoms with E-state index in [1.165, 1.54) is 12.3 Å². The van der Waals surface area contributed by atoms with Gasteiger partial charge in [0.2, 0.25) is 5.91 Å². The second-order valence-corrected chi connectivity index (χ2v) is 3.52. The lowest BCUT2D eigenvalue weighted by atomic mass is 10.2. The fourth-order valence-corrected chi connectivity index (χ4v) is 1.26. The van der Waals surface area contributed by atoms with Crippen LogP contribution in [0.2, 0.25) is 0 Å². The van der Waals surface area contributed by atoms with E-state index < -0.39 is 5.91 Å². The standard InChI is InChI=1S/C10H15N5O2/c11-7-5-15-9(4-6(7)10(13)17)14-3-1-2-8(12)16/h4-5H,1-3,11H2,(H2,12,16)(H2,13,17)(H,14,15). The van der Waals surface area contributed by atoms with Crippen molar-refractivity contribution in [2.24, 2.45) is 11.5 Å². The van der Waals surface area contributed by atoms with Crippen LogP contribution in [-0.2, 0) is 4.79 Å². The highest BCUT2D eigenvalue weighted by molar-refractivity contribution is 5.98. The first kappa shape index (κ1) is 12.8. The van der Waals surface area contributed by atoms with Gasteiger partial charge in [-0.1, -0.05) is 0 Å². The average Bonchev–Trinajstić information content (AvgIpc) is 2.25. The number of rotatable bonds is 6. The molecule has 17 heavy (non-hydrogen) atoms. The van der Waals surface area contributed by atoms with Crippen molar-refractivity contribution >= 4 is 23.3 Å². The Morgan fingerprint density at radius 1 is 1.35 bits per heavy atom. The molecule has 7 nitrogen and oxygen atoms in total. The summed E-state index contributed by atoms with van der Waals surface area (Å²) in [7, 11) is 0. The van der Waals surface area contributed by atoms with Gasteiger partial charge in [0.15, 0.2) is 0 Å². The lowest BCUT2D eigenvalue weighted by molar-refractivity contribution is -0.118. The monoisotopic (exact) mass is 237 g/mol. The highest BCUT2D eigenvalue weighted by atomic mass is 16.1. The summed E-state index contributed by atoms with van der Waals surface area (Å²) in [6.45, 7) is 0.526. The van der Waals surface area contributed by atoms with E-state index in [2.05, 4.69) is 10.3 Å². The van der Waals surface area contributed by atoms with Gasteiger partial charge in [-0.05, 0) is 12.5 Å². The molecule has 0 spiro atoms. The van der Waals surface area contributed by atoms with Crippen molar-refractivity contribution in [1.29, 1.82) is 0 Å². The molecule has 0 bridgehead atoms. The molecule has 0 aliphatic heterocycles. The first-order chi connectivity index (χ1) is 8.00. The molecule has 0 atom stereocenters. The van der Waals surface area contributed by atoms with Crippen LogP contribution >= 0.6 is 0 Å². The second-order valence-electron chi connectivity index (χ2n) is 3.52. The van der Waals surface area contributed by atoms with Gasteiger partial charge in [0.05, 0.1) is 17.4 Å². The molecule has 0 saturated carbocycles. The smallest absolute Gasteiger partial charge is 0.250 e. The van der Waals surface area contributed by atoms with Gasteiger partial charge in [0.25, 0.3) is 5.91 Å². The third-order valence-corrected chi connectivity index (χ3v) is 2.11. The van der Waals surface area contributed by atoms with E-state index >= 15 is 0 Å². The van der Waals surface area contributed by atoms with E-state index in [0.29, 0.717) is 25.2 Å². The molecule has 0 saturated heterocycles. The lowest BCUT2D eigenvalue weighted by Crippen LogP contribution is -2.16. The normalized spacial score (nSPS) is 9.88. The van der Waals surface area contributed by atoms with Gasteiger partial charge in [-0.15, -0.1) is 0 Å². The number of anilines is 2. The molecule has 0 fully saturated rings. The number of nitrogens with zero attached hydrogens (tertiary/aromatic N) is 1. The molecule has 0 radical (unpaired) electrons. The topological polar surface area (TPSA) is 137 Å². The van der Waals surface area contributed by atoms with Crippen molar-refractivity contribution in [3.63, 3.8) is 0 Å². The second kappa shape index (κ2) is 5.69. The Bertz CT molecular complexity index is 433. The number of aromatic nitrogens is 1. The number of amides is 2. The van der Waals surface area contributed by atoms with Crippen molar-refractivity contribution in [2.75, 3.05) is 17.6 Å². The molecular formula is C10H15N5O2. The summed E-state index contributed by atoms with van der Waals surface area (Å²) in [4.78, 5) is 25.5. The van der Waals surface area contributed by atoms with Gasteiger partial charge in [-0.2, -0.15) is 0 Å². The minimum absolute atomic E-state index is 0.220. The number of carbonyl (C=O) groups is 2. The maximum Gasteiger partial charge on any atom is 0.250 e. The van der Waals surface area contributed by atoms with Crippen LogP contribution < -0.4 is 22.5 Å². The van der Waals surface area contributed by atoms with E-state index in [0.717, 1.165) is 0 Å². The van der Waals surface area contributed by atoms with Gasteiger partial charge in [0, 0.05) is 13.0 Å². The number of carbonyl (C=O) groups excluding carboxylic acids is 2. The summed E-state index contributed by atoms with van der Waals surface area (Å²) in [6, 6.07) is 1.47. The largest absolute Gasteiger partial charge is 0.397 e. The Kier molecular flexibility index (Phi) is 4.27. The zero-order valence-corrected chi connectivity index (χ0v) is 9.27. The summed E-state index contributed by atoms with van der Waals surface area (Å²) in [5, 5.41) is 2.94.